The minimum absolute atomic E-state index is 0.510. The molecule has 0 radical (unpaired) electrons. The highest BCUT2D eigenvalue weighted by molar-refractivity contribution is 6.18. The largest absolute Gasteiger partial charge is 0.456 e. The molecule has 0 aliphatic heterocycles. The van der Waals surface area contributed by atoms with Gasteiger partial charge in [-0.1, -0.05) is 127 Å². The standard InChI is InChI=1S/C55H31N5O2/c1-2-15-33-31-45-40(30-32(33)14-1)36-18-5-8-22-41(36)59(45)44-28-29-49-51(38-20-7-12-26-47(38)62-49)52(44)54-56-53(39-21-13-27-48-50(39)37-19-6-11-25-46(37)61-48)57-55(58-54)60-42-23-9-3-16-34(42)35-17-4-10-24-43(35)60/h1-31H. The second kappa shape index (κ2) is 12.5. The zero-order valence-corrected chi connectivity index (χ0v) is 33.0. The summed E-state index contributed by atoms with van der Waals surface area (Å²) < 4.78 is 17.6. The fourth-order valence-electron chi connectivity index (χ4n) is 9.93. The topological polar surface area (TPSA) is 74.8 Å². The molecule has 14 aromatic rings. The van der Waals surface area contributed by atoms with Gasteiger partial charge < -0.3 is 13.4 Å². The molecule has 0 saturated heterocycles. The van der Waals surface area contributed by atoms with Crippen LogP contribution in [0.5, 0.6) is 0 Å². The van der Waals surface area contributed by atoms with Crippen LogP contribution >= 0.6 is 0 Å². The molecule has 14 rings (SSSR count). The van der Waals surface area contributed by atoms with Crippen LogP contribution in [0.2, 0.25) is 0 Å². The van der Waals surface area contributed by atoms with Crippen molar-refractivity contribution in [2.24, 2.45) is 0 Å². The average Bonchev–Trinajstić information content (AvgIpc) is 4.08. The molecule has 5 aromatic heterocycles. The maximum Gasteiger partial charge on any atom is 0.238 e. The molecule has 0 spiro atoms. The van der Waals surface area contributed by atoms with Crippen molar-refractivity contribution in [3.63, 3.8) is 0 Å². The average molecular weight is 794 g/mol. The predicted molar refractivity (Wildman–Crippen MR) is 251 cm³/mol. The summed E-state index contributed by atoms with van der Waals surface area (Å²) in [5, 5.41) is 10.8. The Hall–Kier alpha value is -8.55. The van der Waals surface area contributed by atoms with E-state index in [0.717, 1.165) is 104 Å². The SMILES string of the molecule is c1ccc2cc3c(cc2c1)c1ccccc1n3-c1ccc2oc3ccccc3c2c1-c1nc(-c2cccc3oc4ccccc4c23)nc(-n2c3ccccc3c3ccccc32)n1. The molecular weight excluding hydrogens is 763 g/mol. The number of furan rings is 2. The van der Waals surface area contributed by atoms with E-state index in [0.29, 0.717) is 17.6 Å². The Labute approximate surface area is 352 Å². The summed E-state index contributed by atoms with van der Waals surface area (Å²) in [7, 11) is 0. The third-order valence-electron chi connectivity index (χ3n) is 12.6. The molecule has 0 bridgehead atoms. The van der Waals surface area contributed by atoms with Crippen molar-refractivity contribution in [1.82, 2.24) is 24.1 Å². The Morgan fingerprint density at radius 2 is 0.855 bits per heavy atom. The van der Waals surface area contributed by atoms with Gasteiger partial charge in [-0.25, -0.2) is 4.98 Å². The zero-order valence-electron chi connectivity index (χ0n) is 33.0. The third-order valence-corrected chi connectivity index (χ3v) is 12.6. The summed E-state index contributed by atoms with van der Waals surface area (Å²) in [5.74, 6) is 1.57. The fraction of sp³-hybridized carbons (Fsp3) is 0. The van der Waals surface area contributed by atoms with E-state index < -0.39 is 0 Å². The quantitative estimate of drug-likeness (QED) is 0.177. The van der Waals surface area contributed by atoms with Crippen molar-refractivity contribution in [2.75, 3.05) is 0 Å². The molecular formula is C55H31N5O2. The van der Waals surface area contributed by atoms with Crippen molar-refractivity contribution in [2.45, 2.75) is 0 Å². The summed E-state index contributed by atoms with van der Waals surface area (Å²) in [6.45, 7) is 0. The van der Waals surface area contributed by atoms with Crippen LogP contribution in [0.1, 0.15) is 0 Å². The number of fused-ring (bicyclic) bond motifs is 13. The van der Waals surface area contributed by atoms with Crippen LogP contribution in [-0.4, -0.2) is 24.1 Å². The van der Waals surface area contributed by atoms with E-state index in [-0.39, 0.29) is 0 Å². The van der Waals surface area contributed by atoms with Gasteiger partial charge in [0, 0.05) is 48.7 Å². The van der Waals surface area contributed by atoms with Crippen LogP contribution in [0.15, 0.2) is 197 Å². The minimum atomic E-state index is 0.510. The van der Waals surface area contributed by atoms with Crippen molar-refractivity contribution in [1.29, 1.82) is 0 Å². The van der Waals surface area contributed by atoms with Gasteiger partial charge in [0.05, 0.1) is 33.3 Å². The Morgan fingerprint density at radius 1 is 0.339 bits per heavy atom. The molecule has 288 valence electrons. The van der Waals surface area contributed by atoms with Gasteiger partial charge in [-0.15, -0.1) is 0 Å². The Morgan fingerprint density at radius 3 is 1.55 bits per heavy atom. The minimum Gasteiger partial charge on any atom is -0.456 e. The summed E-state index contributed by atoms with van der Waals surface area (Å²) in [6.07, 6.45) is 0. The maximum atomic E-state index is 6.65. The van der Waals surface area contributed by atoms with Gasteiger partial charge in [0.25, 0.3) is 0 Å². The van der Waals surface area contributed by atoms with E-state index in [1.165, 1.54) is 10.8 Å². The number of hydrogen-bond acceptors (Lipinski definition) is 5. The smallest absolute Gasteiger partial charge is 0.238 e. The van der Waals surface area contributed by atoms with Crippen molar-refractivity contribution in [3.05, 3.63) is 188 Å². The zero-order chi connectivity index (χ0) is 40.5. The predicted octanol–water partition coefficient (Wildman–Crippen LogP) is 14.4. The lowest BCUT2D eigenvalue weighted by Gasteiger charge is -2.16. The molecule has 0 unspecified atom stereocenters. The molecule has 0 aliphatic carbocycles. The number of rotatable bonds is 4. The van der Waals surface area contributed by atoms with Gasteiger partial charge in [0.1, 0.15) is 22.3 Å². The Bertz CT molecular complexity index is 4130. The number of para-hydroxylation sites is 5. The van der Waals surface area contributed by atoms with Gasteiger partial charge in [-0.05, 0) is 71.4 Å². The van der Waals surface area contributed by atoms with Crippen LogP contribution < -0.4 is 0 Å². The molecule has 0 aliphatic rings. The highest BCUT2D eigenvalue weighted by Gasteiger charge is 2.26. The van der Waals surface area contributed by atoms with Gasteiger partial charge >= 0.3 is 0 Å². The first-order chi connectivity index (χ1) is 30.7. The van der Waals surface area contributed by atoms with E-state index in [1.807, 2.05) is 42.5 Å². The first-order valence-corrected chi connectivity index (χ1v) is 20.8. The van der Waals surface area contributed by atoms with Crippen LogP contribution in [0.3, 0.4) is 0 Å². The molecule has 62 heavy (non-hydrogen) atoms. The molecule has 0 atom stereocenters. The van der Waals surface area contributed by atoms with Gasteiger partial charge in [-0.3, -0.25) is 4.57 Å². The second-order valence-electron chi connectivity index (χ2n) is 15.9. The Kier molecular flexibility index (Phi) is 6.71. The number of aromatic nitrogens is 5. The number of benzene rings is 9. The molecule has 5 heterocycles. The monoisotopic (exact) mass is 793 g/mol. The normalized spacial score (nSPS) is 12.2. The van der Waals surface area contributed by atoms with Crippen molar-refractivity contribution >= 4 is 98.3 Å². The Balaban J connectivity index is 1.17. The first-order valence-electron chi connectivity index (χ1n) is 20.8. The molecule has 0 amide bonds. The lowest BCUT2D eigenvalue weighted by Crippen LogP contribution is -2.08. The van der Waals surface area contributed by atoms with E-state index >= 15 is 0 Å². The lowest BCUT2D eigenvalue weighted by atomic mass is 10.0. The molecule has 0 N–H and O–H groups in total. The van der Waals surface area contributed by atoms with Crippen LogP contribution in [0.4, 0.5) is 0 Å². The highest BCUT2D eigenvalue weighted by Crippen LogP contribution is 2.44. The summed E-state index contributed by atoms with van der Waals surface area (Å²) in [5.41, 5.74) is 9.93. The molecule has 0 fully saturated rings. The highest BCUT2D eigenvalue weighted by atomic mass is 16.3. The molecule has 0 saturated carbocycles. The summed E-state index contributed by atoms with van der Waals surface area (Å²) in [6, 6.07) is 65.5. The summed E-state index contributed by atoms with van der Waals surface area (Å²) >= 11 is 0. The first kappa shape index (κ1) is 33.3. The third kappa shape index (κ3) is 4.61. The van der Waals surface area contributed by atoms with Crippen molar-refractivity contribution < 1.29 is 8.83 Å². The molecule has 7 nitrogen and oxygen atoms in total. The summed E-state index contributed by atoms with van der Waals surface area (Å²) in [4.78, 5) is 16.6. The van der Waals surface area contributed by atoms with Crippen LogP contribution in [-0.2, 0) is 0 Å². The van der Waals surface area contributed by atoms with Gasteiger partial charge in [-0.2, -0.15) is 9.97 Å². The maximum absolute atomic E-state index is 6.65. The van der Waals surface area contributed by atoms with E-state index in [9.17, 15) is 0 Å². The number of nitrogens with zero attached hydrogens (tertiary/aromatic N) is 5. The van der Waals surface area contributed by atoms with Gasteiger partial charge in [0.15, 0.2) is 11.6 Å². The van der Waals surface area contributed by atoms with E-state index in [4.69, 9.17) is 23.8 Å². The van der Waals surface area contributed by atoms with E-state index in [2.05, 4.69) is 155 Å². The van der Waals surface area contributed by atoms with Crippen molar-refractivity contribution in [3.8, 4) is 34.4 Å². The lowest BCUT2D eigenvalue weighted by molar-refractivity contribution is 0.668. The van der Waals surface area contributed by atoms with Gasteiger partial charge in [0.2, 0.25) is 5.95 Å². The van der Waals surface area contributed by atoms with Crippen LogP contribution in [0, 0.1) is 0 Å². The molecule has 7 heteroatoms. The van der Waals surface area contributed by atoms with E-state index in [1.54, 1.807) is 0 Å². The molecule has 9 aromatic carbocycles. The number of hydrogen-bond donors (Lipinski definition) is 0. The fourth-order valence-corrected chi connectivity index (χ4v) is 9.93. The van der Waals surface area contributed by atoms with Crippen LogP contribution in [0.25, 0.3) is 133 Å². The second-order valence-corrected chi connectivity index (χ2v) is 15.9.